The van der Waals surface area contributed by atoms with Crippen molar-refractivity contribution in [2.24, 2.45) is 11.1 Å². The summed E-state index contributed by atoms with van der Waals surface area (Å²) in [4.78, 5) is 4.69. The maximum absolute atomic E-state index is 12.8. The largest absolute Gasteiger partial charge is 0.330 e. The minimum Gasteiger partial charge on any atom is -0.330 e. The summed E-state index contributed by atoms with van der Waals surface area (Å²) in [6.45, 7) is 6.61. The van der Waals surface area contributed by atoms with E-state index in [1.165, 1.54) is 15.6 Å². The minimum atomic E-state index is -3.55. The summed E-state index contributed by atoms with van der Waals surface area (Å²) in [5, 5.41) is 2.77. The van der Waals surface area contributed by atoms with Gasteiger partial charge >= 0.3 is 0 Å². The molecule has 0 fully saturated rings. The van der Waals surface area contributed by atoms with Gasteiger partial charge in [-0.1, -0.05) is 26.0 Å². The maximum atomic E-state index is 12.8. The molecular weight excluding hydrogens is 366 g/mol. The molecule has 0 saturated heterocycles. The van der Waals surface area contributed by atoms with Crippen LogP contribution in [0.5, 0.6) is 0 Å². The van der Waals surface area contributed by atoms with E-state index < -0.39 is 10.0 Å². The molecule has 0 bridgehead atoms. The Hall–Kier alpha value is -0.990. The molecule has 0 aliphatic heterocycles. The molecule has 0 spiro atoms. The van der Waals surface area contributed by atoms with E-state index >= 15 is 0 Å². The SMILES string of the molecule is Cc1csc(-c2cccc(S(=O)(=O)N(C)CC(C)(C)CN)c2)n1.Cl. The summed E-state index contributed by atoms with van der Waals surface area (Å²) in [5.41, 5.74) is 7.18. The van der Waals surface area contributed by atoms with Gasteiger partial charge < -0.3 is 5.73 Å². The van der Waals surface area contributed by atoms with E-state index in [2.05, 4.69) is 4.98 Å². The molecule has 0 saturated carbocycles. The summed E-state index contributed by atoms with van der Waals surface area (Å²) >= 11 is 1.51. The highest BCUT2D eigenvalue weighted by atomic mass is 35.5. The van der Waals surface area contributed by atoms with E-state index in [9.17, 15) is 8.42 Å². The molecule has 0 amide bonds. The van der Waals surface area contributed by atoms with Crippen molar-refractivity contribution in [1.29, 1.82) is 0 Å². The fourth-order valence-corrected chi connectivity index (χ4v) is 4.41. The molecule has 0 unspecified atom stereocenters. The second-order valence-corrected chi connectivity index (χ2v) is 9.35. The topological polar surface area (TPSA) is 76.3 Å². The number of hydrogen-bond acceptors (Lipinski definition) is 5. The lowest BCUT2D eigenvalue weighted by atomic mass is 9.94. The summed E-state index contributed by atoms with van der Waals surface area (Å²) in [6.07, 6.45) is 0. The number of nitrogens with two attached hydrogens (primary N) is 1. The fraction of sp³-hybridized carbons (Fsp3) is 0.438. The van der Waals surface area contributed by atoms with Gasteiger partial charge in [0.1, 0.15) is 5.01 Å². The predicted octanol–water partition coefficient (Wildman–Crippen LogP) is 3.15. The Balaban J connectivity index is 0.00000288. The standard InChI is InChI=1S/C16H23N3O2S2.ClH/c1-12-9-22-15(18-12)13-6-5-7-14(8-13)23(20,21)19(4)11-16(2,3)10-17;/h5-9H,10-11,17H2,1-4H3;1H. The first kappa shape index (κ1) is 21.1. The van der Waals surface area contributed by atoms with E-state index in [-0.39, 0.29) is 22.7 Å². The smallest absolute Gasteiger partial charge is 0.242 e. The zero-order valence-electron chi connectivity index (χ0n) is 14.3. The number of hydrogen-bond donors (Lipinski definition) is 1. The second kappa shape index (κ2) is 7.93. The van der Waals surface area contributed by atoms with Crippen molar-refractivity contribution in [2.75, 3.05) is 20.1 Å². The number of sulfonamides is 1. The number of halogens is 1. The fourth-order valence-electron chi connectivity index (χ4n) is 2.21. The van der Waals surface area contributed by atoms with Crippen LogP contribution in [0.25, 0.3) is 10.6 Å². The second-order valence-electron chi connectivity index (χ2n) is 6.45. The first-order valence-electron chi connectivity index (χ1n) is 7.35. The molecule has 1 aromatic heterocycles. The Morgan fingerprint density at radius 1 is 1.33 bits per heavy atom. The monoisotopic (exact) mass is 389 g/mol. The Labute approximate surface area is 154 Å². The van der Waals surface area contributed by atoms with Crippen LogP contribution in [0.2, 0.25) is 0 Å². The molecule has 0 aliphatic carbocycles. The van der Waals surface area contributed by atoms with Crippen LogP contribution in [0.3, 0.4) is 0 Å². The highest BCUT2D eigenvalue weighted by Gasteiger charge is 2.27. The zero-order chi connectivity index (χ0) is 17.3. The number of nitrogens with zero attached hydrogens (tertiary/aromatic N) is 2. The molecule has 2 rings (SSSR count). The Bertz CT molecular complexity index is 788. The van der Waals surface area contributed by atoms with Gasteiger partial charge in [-0.25, -0.2) is 17.7 Å². The summed E-state index contributed by atoms with van der Waals surface area (Å²) < 4.78 is 26.9. The average molecular weight is 390 g/mol. The van der Waals surface area contributed by atoms with Gasteiger partial charge in [0.25, 0.3) is 0 Å². The lowest BCUT2D eigenvalue weighted by Gasteiger charge is -2.28. The Morgan fingerprint density at radius 2 is 2.00 bits per heavy atom. The molecule has 0 aliphatic rings. The van der Waals surface area contributed by atoms with E-state index in [0.717, 1.165) is 16.3 Å². The van der Waals surface area contributed by atoms with Gasteiger partial charge in [0.05, 0.1) is 4.90 Å². The van der Waals surface area contributed by atoms with E-state index in [4.69, 9.17) is 5.73 Å². The molecule has 8 heteroatoms. The van der Waals surface area contributed by atoms with Crippen molar-refractivity contribution >= 4 is 33.8 Å². The molecule has 24 heavy (non-hydrogen) atoms. The molecule has 134 valence electrons. The van der Waals surface area contributed by atoms with Crippen molar-refractivity contribution < 1.29 is 8.42 Å². The van der Waals surface area contributed by atoms with Crippen LogP contribution in [-0.4, -0.2) is 37.8 Å². The van der Waals surface area contributed by atoms with Crippen LogP contribution in [0.1, 0.15) is 19.5 Å². The number of aryl methyl sites for hydroxylation is 1. The highest BCUT2D eigenvalue weighted by Crippen LogP contribution is 2.27. The molecule has 5 nitrogen and oxygen atoms in total. The average Bonchev–Trinajstić information content (AvgIpc) is 2.93. The van der Waals surface area contributed by atoms with Crippen LogP contribution in [0.4, 0.5) is 0 Å². The number of benzene rings is 1. The minimum absolute atomic E-state index is 0. The summed E-state index contributed by atoms with van der Waals surface area (Å²) in [5.74, 6) is 0. The van der Waals surface area contributed by atoms with E-state index in [1.807, 2.05) is 32.2 Å². The maximum Gasteiger partial charge on any atom is 0.242 e. The lowest BCUT2D eigenvalue weighted by molar-refractivity contribution is 0.292. The van der Waals surface area contributed by atoms with Crippen molar-refractivity contribution in [3.8, 4) is 10.6 Å². The summed E-state index contributed by atoms with van der Waals surface area (Å²) in [6, 6.07) is 6.92. The van der Waals surface area contributed by atoms with Gasteiger partial charge in [0.15, 0.2) is 0 Å². The van der Waals surface area contributed by atoms with Gasteiger partial charge in [0.2, 0.25) is 10.0 Å². The number of thiazole rings is 1. The molecule has 2 aromatic rings. The number of aromatic nitrogens is 1. The molecule has 0 atom stereocenters. The Kier molecular flexibility index (Phi) is 6.95. The van der Waals surface area contributed by atoms with Crippen LogP contribution in [0.15, 0.2) is 34.5 Å². The van der Waals surface area contributed by atoms with Crippen molar-refractivity contribution in [1.82, 2.24) is 9.29 Å². The Morgan fingerprint density at radius 3 is 2.54 bits per heavy atom. The van der Waals surface area contributed by atoms with Crippen molar-refractivity contribution in [3.05, 3.63) is 35.3 Å². The molecule has 2 N–H and O–H groups in total. The van der Waals surface area contributed by atoms with E-state index in [1.54, 1.807) is 25.2 Å². The zero-order valence-corrected chi connectivity index (χ0v) is 16.8. The van der Waals surface area contributed by atoms with Gasteiger partial charge in [-0.2, -0.15) is 0 Å². The molecule has 0 radical (unpaired) electrons. The van der Waals surface area contributed by atoms with Crippen molar-refractivity contribution in [2.45, 2.75) is 25.7 Å². The van der Waals surface area contributed by atoms with Crippen LogP contribution < -0.4 is 5.73 Å². The quantitative estimate of drug-likeness (QED) is 0.823. The highest BCUT2D eigenvalue weighted by molar-refractivity contribution is 7.89. The van der Waals surface area contributed by atoms with E-state index in [0.29, 0.717) is 13.1 Å². The molecule has 1 heterocycles. The predicted molar refractivity (Wildman–Crippen MR) is 102 cm³/mol. The van der Waals surface area contributed by atoms with Gasteiger partial charge in [-0.15, -0.1) is 23.7 Å². The first-order valence-corrected chi connectivity index (χ1v) is 9.67. The van der Waals surface area contributed by atoms with Crippen LogP contribution >= 0.6 is 23.7 Å². The van der Waals surface area contributed by atoms with Gasteiger partial charge in [-0.3, -0.25) is 0 Å². The molecule has 1 aromatic carbocycles. The van der Waals surface area contributed by atoms with Gasteiger partial charge in [-0.05, 0) is 31.0 Å². The van der Waals surface area contributed by atoms with Crippen LogP contribution in [0, 0.1) is 12.3 Å². The first-order chi connectivity index (χ1) is 10.7. The summed E-state index contributed by atoms with van der Waals surface area (Å²) in [7, 11) is -1.96. The van der Waals surface area contributed by atoms with Crippen LogP contribution in [-0.2, 0) is 10.0 Å². The third kappa shape index (κ3) is 4.77. The third-order valence-electron chi connectivity index (χ3n) is 3.61. The number of rotatable bonds is 6. The van der Waals surface area contributed by atoms with Crippen molar-refractivity contribution in [3.63, 3.8) is 0 Å². The molecular formula is C16H24ClN3O2S2. The van der Waals surface area contributed by atoms with Gasteiger partial charge in [0, 0.05) is 30.2 Å². The normalized spacial score (nSPS) is 12.2. The third-order valence-corrected chi connectivity index (χ3v) is 6.42. The lowest BCUT2D eigenvalue weighted by Crippen LogP contribution is -2.39.